The minimum absolute atomic E-state index is 0.168. The number of halogens is 2. The summed E-state index contributed by atoms with van der Waals surface area (Å²) in [5.74, 6) is -3.14. The zero-order valence-electron chi connectivity index (χ0n) is 7.71. The molecular formula is C10H9F2NO2. The van der Waals surface area contributed by atoms with Crippen molar-refractivity contribution in [2.24, 2.45) is 5.73 Å². The molecule has 3 N–H and O–H groups in total. The molecule has 2 atom stereocenters. The van der Waals surface area contributed by atoms with Crippen molar-refractivity contribution in [3.05, 3.63) is 35.4 Å². The van der Waals surface area contributed by atoms with Crippen molar-refractivity contribution in [3.63, 3.8) is 0 Å². The standard InChI is InChI=1S/C10H9F2NO2/c11-5-1-2-6(8(12)3-5)7-4-10(7,13)9(14)15/h1-3,7H,4,13H2,(H,14,15). The van der Waals surface area contributed by atoms with Crippen LogP contribution in [0.1, 0.15) is 17.9 Å². The molecule has 0 heterocycles. The highest BCUT2D eigenvalue weighted by Gasteiger charge is 2.59. The fourth-order valence-electron chi connectivity index (χ4n) is 1.69. The van der Waals surface area contributed by atoms with Gasteiger partial charge in [-0.25, -0.2) is 8.78 Å². The molecule has 1 aliphatic rings. The van der Waals surface area contributed by atoms with Crippen LogP contribution in [0.3, 0.4) is 0 Å². The van der Waals surface area contributed by atoms with Gasteiger partial charge in [0.25, 0.3) is 0 Å². The molecule has 0 saturated heterocycles. The van der Waals surface area contributed by atoms with Crippen molar-refractivity contribution >= 4 is 5.97 Å². The Kier molecular flexibility index (Phi) is 2.01. The topological polar surface area (TPSA) is 63.3 Å². The Morgan fingerprint density at radius 3 is 2.67 bits per heavy atom. The van der Waals surface area contributed by atoms with Gasteiger partial charge in [0.15, 0.2) is 0 Å². The minimum atomic E-state index is -1.39. The highest BCUT2D eigenvalue weighted by atomic mass is 19.1. The lowest BCUT2D eigenvalue weighted by Gasteiger charge is -2.06. The van der Waals surface area contributed by atoms with Crippen LogP contribution in [0.2, 0.25) is 0 Å². The van der Waals surface area contributed by atoms with E-state index < -0.39 is 29.1 Å². The maximum absolute atomic E-state index is 13.3. The molecule has 2 unspecified atom stereocenters. The van der Waals surface area contributed by atoms with E-state index >= 15 is 0 Å². The van der Waals surface area contributed by atoms with Gasteiger partial charge in [-0.15, -0.1) is 0 Å². The van der Waals surface area contributed by atoms with Gasteiger partial charge in [-0.05, 0) is 18.1 Å². The van der Waals surface area contributed by atoms with E-state index in [1.54, 1.807) is 0 Å². The second-order valence-electron chi connectivity index (χ2n) is 3.77. The maximum atomic E-state index is 13.3. The summed E-state index contributed by atoms with van der Waals surface area (Å²) in [6.07, 6.45) is 0.185. The van der Waals surface area contributed by atoms with Gasteiger partial charge in [0.05, 0.1) is 0 Å². The number of hydrogen-bond acceptors (Lipinski definition) is 2. The van der Waals surface area contributed by atoms with Crippen molar-refractivity contribution in [2.75, 3.05) is 0 Å². The van der Waals surface area contributed by atoms with E-state index in [2.05, 4.69) is 0 Å². The van der Waals surface area contributed by atoms with E-state index in [-0.39, 0.29) is 12.0 Å². The first-order valence-electron chi connectivity index (χ1n) is 4.42. The van der Waals surface area contributed by atoms with E-state index in [1.165, 1.54) is 6.07 Å². The lowest BCUT2D eigenvalue weighted by atomic mass is 10.1. The number of aliphatic carboxylic acids is 1. The summed E-state index contributed by atoms with van der Waals surface area (Å²) in [5.41, 5.74) is 4.29. The number of benzene rings is 1. The molecule has 0 amide bonds. The predicted octanol–water partition coefficient (Wildman–Crippen LogP) is 1.23. The van der Waals surface area contributed by atoms with Crippen LogP contribution in [0, 0.1) is 11.6 Å². The van der Waals surface area contributed by atoms with Crippen molar-refractivity contribution in [1.29, 1.82) is 0 Å². The zero-order chi connectivity index (χ0) is 11.2. The normalized spacial score (nSPS) is 28.9. The summed E-state index contributed by atoms with van der Waals surface area (Å²) in [6, 6.07) is 3.07. The first-order chi connectivity index (χ1) is 6.95. The highest BCUT2D eigenvalue weighted by molar-refractivity contribution is 5.84. The van der Waals surface area contributed by atoms with E-state index in [9.17, 15) is 13.6 Å². The Hall–Kier alpha value is -1.49. The van der Waals surface area contributed by atoms with E-state index in [0.29, 0.717) is 0 Å². The van der Waals surface area contributed by atoms with Crippen LogP contribution >= 0.6 is 0 Å². The van der Waals surface area contributed by atoms with Crippen LogP contribution in [0.4, 0.5) is 8.78 Å². The van der Waals surface area contributed by atoms with Gasteiger partial charge < -0.3 is 10.8 Å². The lowest BCUT2D eigenvalue weighted by molar-refractivity contribution is -0.139. The van der Waals surface area contributed by atoms with Crippen LogP contribution in [0.5, 0.6) is 0 Å². The average Bonchev–Trinajstić information content (AvgIpc) is 2.79. The molecule has 0 radical (unpaired) electrons. The fraction of sp³-hybridized carbons (Fsp3) is 0.300. The second kappa shape index (κ2) is 3.00. The van der Waals surface area contributed by atoms with Gasteiger partial charge in [-0.1, -0.05) is 6.07 Å². The van der Waals surface area contributed by atoms with E-state index in [4.69, 9.17) is 10.8 Å². The van der Waals surface area contributed by atoms with E-state index in [0.717, 1.165) is 12.1 Å². The fourth-order valence-corrected chi connectivity index (χ4v) is 1.69. The minimum Gasteiger partial charge on any atom is -0.480 e. The quantitative estimate of drug-likeness (QED) is 0.776. The van der Waals surface area contributed by atoms with Crippen LogP contribution in [-0.2, 0) is 4.79 Å². The van der Waals surface area contributed by atoms with Crippen LogP contribution < -0.4 is 5.73 Å². The van der Waals surface area contributed by atoms with Gasteiger partial charge >= 0.3 is 5.97 Å². The number of rotatable bonds is 2. The number of carboxylic acid groups (broad SMARTS) is 1. The smallest absolute Gasteiger partial charge is 0.324 e. The summed E-state index contributed by atoms with van der Waals surface area (Å²) < 4.78 is 25.9. The summed E-state index contributed by atoms with van der Waals surface area (Å²) >= 11 is 0. The lowest BCUT2D eigenvalue weighted by Crippen LogP contribution is -2.34. The van der Waals surface area contributed by atoms with Gasteiger partial charge in [0, 0.05) is 12.0 Å². The third-order valence-electron chi connectivity index (χ3n) is 2.74. The Morgan fingerprint density at radius 2 is 2.20 bits per heavy atom. The molecule has 1 fully saturated rings. The van der Waals surface area contributed by atoms with Gasteiger partial charge in [-0.2, -0.15) is 0 Å². The average molecular weight is 213 g/mol. The Labute approximate surface area is 84.5 Å². The molecule has 0 aliphatic heterocycles. The Balaban J connectivity index is 2.31. The summed E-state index contributed by atoms with van der Waals surface area (Å²) in [5, 5.41) is 8.77. The number of nitrogens with two attached hydrogens (primary N) is 1. The molecule has 5 heteroatoms. The van der Waals surface area contributed by atoms with Crippen molar-refractivity contribution in [1.82, 2.24) is 0 Å². The van der Waals surface area contributed by atoms with Gasteiger partial charge in [-0.3, -0.25) is 4.79 Å². The summed E-state index contributed by atoms with van der Waals surface area (Å²) in [6.45, 7) is 0. The second-order valence-corrected chi connectivity index (χ2v) is 3.77. The molecule has 1 saturated carbocycles. The molecule has 1 aromatic rings. The van der Waals surface area contributed by atoms with Gasteiger partial charge in [0.1, 0.15) is 17.2 Å². The predicted molar refractivity (Wildman–Crippen MR) is 48.3 cm³/mol. The van der Waals surface area contributed by atoms with Crippen LogP contribution in [-0.4, -0.2) is 16.6 Å². The molecule has 3 nitrogen and oxygen atoms in total. The summed E-state index contributed by atoms with van der Waals surface area (Å²) in [7, 11) is 0. The summed E-state index contributed by atoms with van der Waals surface area (Å²) in [4.78, 5) is 10.7. The molecular weight excluding hydrogens is 204 g/mol. The Bertz CT molecular complexity index is 435. The third kappa shape index (κ3) is 1.48. The third-order valence-corrected chi connectivity index (χ3v) is 2.74. The first kappa shape index (κ1) is 10.0. The molecule has 1 aromatic carbocycles. The molecule has 1 aliphatic carbocycles. The number of carboxylic acids is 1. The van der Waals surface area contributed by atoms with Crippen LogP contribution in [0.25, 0.3) is 0 Å². The van der Waals surface area contributed by atoms with Crippen molar-refractivity contribution in [2.45, 2.75) is 17.9 Å². The number of carbonyl (C=O) groups is 1. The zero-order valence-corrected chi connectivity index (χ0v) is 7.71. The number of hydrogen-bond donors (Lipinski definition) is 2. The molecule has 0 aromatic heterocycles. The monoisotopic (exact) mass is 213 g/mol. The SMILES string of the molecule is NC1(C(=O)O)CC1c1ccc(F)cc1F. The van der Waals surface area contributed by atoms with E-state index in [1.807, 2.05) is 0 Å². The van der Waals surface area contributed by atoms with Gasteiger partial charge in [0.2, 0.25) is 0 Å². The maximum Gasteiger partial charge on any atom is 0.324 e. The molecule has 80 valence electrons. The molecule has 0 spiro atoms. The molecule has 2 rings (SSSR count). The largest absolute Gasteiger partial charge is 0.480 e. The first-order valence-corrected chi connectivity index (χ1v) is 4.42. The molecule has 0 bridgehead atoms. The molecule has 15 heavy (non-hydrogen) atoms. The Morgan fingerprint density at radius 1 is 1.53 bits per heavy atom. The van der Waals surface area contributed by atoms with Crippen molar-refractivity contribution < 1.29 is 18.7 Å². The van der Waals surface area contributed by atoms with Crippen LogP contribution in [0.15, 0.2) is 18.2 Å². The van der Waals surface area contributed by atoms with Crippen molar-refractivity contribution in [3.8, 4) is 0 Å². The highest BCUT2D eigenvalue weighted by Crippen LogP contribution is 2.50.